The maximum Gasteiger partial charge on any atom is 0.223 e. The van der Waals surface area contributed by atoms with Gasteiger partial charge in [0.1, 0.15) is 0 Å². The van der Waals surface area contributed by atoms with E-state index in [9.17, 15) is 4.79 Å². The van der Waals surface area contributed by atoms with Gasteiger partial charge in [-0.3, -0.25) is 4.79 Å². The molecule has 5 nitrogen and oxygen atoms in total. The lowest BCUT2D eigenvalue weighted by atomic mass is 9.72. The third-order valence-corrected chi connectivity index (χ3v) is 4.41. The van der Waals surface area contributed by atoms with Gasteiger partial charge in [-0.2, -0.15) is 0 Å². The van der Waals surface area contributed by atoms with E-state index in [0.29, 0.717) is 38.2 Å². The van der Waals surface area contributed by atoms with Crippen LogP contribution in [0.25, 0.3) is 0 Å². The molecule has 19 heavy (non-hydrogen) atoms. The monoisotopic (exact) mass is 270 g/mol. The molecule has 1 heterocycles. The van der Waals surface area contributed by atoms with Crippen LogP contribution in [0, 0.1) is 17.8 Å². The van der Waals surface area contributed by atoms with Crippen molar-refractivity contribution in [3.05, 3.63) is 0 Å². The molecule has 0 aromatic carbocycles. The minimum atomic E-state index is -0.0100. The Morgan fingerprint density at radius 2 is 2.05 bits per heavy atom. The number of hydrogen-bond donors (Lipinski definition) is 2. The predicted octanol–water partition coefficient (Wildman–Crippen LogP) is 0.528. The van der Waals surface area contributed by atoms with Crippen molar-refractivity contribution in [2.24, 2.45) is 23.5 Å². The minimum absolute atomic E-state index is 0.0100. The maximum absolute atomic E-state index is 12.2. The quantitative estimate of drug-likeness (QED) is 0.784. The van der Waals surface area contributed by atoms with Crippen molar-refractivity contribution in [3.8, 4) is 0 Å². The molecule has 1 amide bonds. The van der Waals surface area contributed by atoms with Gasteiger partial charge >= 0.3 is 0 Å². The first-order chi connectivity index (χ1) is 9.08. The lowest BCUT2D eigenvalue weighted by molar-refractivity contribution is -0.130. The van der Waals surface area contributed by atoms with Gasteiger partial charge in [0.15, 0.2) is 0 Å². The molecule has 3 N–H and O–H groups in total. The predicted molar refractivity (Wildman–Crippen MR) is 72.6 cm³/mol. The molecule has 5 unspecified atom stereocenters. The standard InChI is InChI=1S/C14H26N2O3/c1-9-5-10(2)13(15)6-12(9)14(17)16-7-11-8-18-3-4-19-11/h9-13H,3-8,15H2,1-2H3,(H,16,17). The van der Waals surface area contributed by atoms with Crippen molar-refractivity contribution in [2.75, 3.05) is 26.4 Å². The van der Waals surface area contributed by atoms with Crippen LogP contribution in [0.4, 0.5) is 0 Å². The summed E-state index contributed by atoms with van der Waals surface area (Å²) >= 11 is 0. The van der Waals surface area contributed by atoms with E-state index in [-0.39, 0.29) is 24.0 Å². The van der Waals surface area contributed by atoms with Crippen molar-refractivity contribution in [1.29, 1.82) is 0 Å². The van der Waals surface area contributed by atoms with Gasteiger partial charge in [-0.15, -0.1) is 0 Å². The molecule has 2 aliphatic rings. The Morgan fingerprint density at radius 1 is 1.26 bits per heavy atom. The molecule has 1 aliphatic carbocycles. The van der Waals surface area contributed by atoms with Crippen LogP contribution in [0.3, 0.4) is 0 Å². The Bertz CT molecular complexity index is 305. The van der Waals surface area contributed by atoms with E-state index < -0.39 is 0 Å². The SMILES string of the molecule is CC1CC(C)C(C(=O)NCC2COCCO2)CC1N. The Kier molecular flexibility index (Phi) is 5.19. The highest BCUT2D eigenvalue weighted by Gasteiger charge is 2.35. The van der Waals surface area contributed by atoms with E-state index in [1.54, 1.807) is 0 Å². The van der Waals surface area contributed by atoms with Gasteiger partial charge in [0, 0.05) is 18.5 Å². The molecule has 0 spiro atoms. The Balaban J connectivity index is 1.78. The largest absolute Gasteiger partial charge is 0.376 e. The summed E-state index contributed by atoms with van der Waals surface area (Å²) in [4.78, 5) is 12.2. The maximum atomic E-state index is 12.2. The van der Waals surface area contributed by atoms with Gasteiger partial charge in [-0.05, 0) is 24.7 Å². The van der Waals surface area contributed by atoms with E-state index in [2.05, 4.69) is 19.2 Å². The molecule has 110 valence electrons. The summed E-state index contributed by atoms with van der Waals surface area (Å²) in [5, 5.41) is 2.99. The second-order valence-corrected chi connectivity index (χ2v) is 6.01. The third-order valence-electron chi connectivity index (χ3n) is 4.41. The first-order valence-corrected chi connectivity index (χ1v) is 7.30. The zero-order chi connectivity index (χ0) is 13.8. The van der Waals surface area contributed by atoms with Crippen molar-refractivity contribution < 1.29 is 14.3 Å². The van der Waals surface area contributed by atoms with Gasteiger partial charge < -0.3 is 20.5 Å². The van der Waals surface area contributed by atoms with Crippen molar-refractivity contribution >= 4 is 5.91 Å². The number of rotatable bonds is 3. The smallest absolute Gasteiger partial charge is 0.223 e. The summed E-state index contributed by atoms with van der Waals surface area (Å²) in [6.07, 6.45) is 1.81. The van der Waals surface area contributed by atoms with Gasteiger partial charge in [0.2, 0.25) is 5.91 Å². The molecule has 1 saturated carbocycles. The Morgan fingerprint density at radius 3 is 2.74 bits per heavy atom. The van der Waals surface area contributed by atoms with Gasteiger partial charge in [-0.25, -0.2) is 0 Å². The van der Waals surface area contributed by atoms with Crippen LogP contribution in [0.2, 0.25) is 0 Å². The highest BCUT2D eigenvalue weighted by molar-refractivity contribution is 5.79. The fourth-order valence-corrected chi connectivity index (χ4v) is 3.05. The molecule has 5 heteroatoms. The molecule has 5 atom stereocenters. The minimum Gasteiger partial charge on any atom is -0.376 e. The zero-order valence-electron chi connectivity index (χ0n) is 11.9. The molecule has 0 radical (unpaired) electrons. The molecule has 1 aliphatic heterocycles. The van der Waals surface area contributed by atoms with Crippen LogP contribution in [0.5, 0.6) is 0 Å². The molecule has 2 rings (SSSR count). The molecule has 1 saturated heterocycles. The zero-order valence-corrected chi connectivity index (χ0v) is 11.9. The van der Waals surface area contributed by atoms with Crippen LogP contribution in [0.1, 0.15) is 26.7 Å². The molecule has 0 aromatic rings. The van der Waals surface area contributed by atoms with Crippen molar-refractivity contribution in [3.63, 3.8) is 0 Å². The van der Waals surface area contributed by atoms with E-state index in [1.807, 2.05) is 0 Å². The third kappa shape index (κ3) is 3.91. The lowest BCUT2D eigenvalue weighted by Crippen LogP contribution is -2.47. The summed E-state index contributed by atoms with van der Waals surface area (Å²) in [5.41, 5.74) is 6.08. The van der Waals surface area contributed by atoms with Crippen LogP contribution in [-0.2, 0) is 14.3 Å². The van der Waals surface area contributed by atoms with Gasteiger partial charge in [0.05, 0.1) is 25.9 Å². The second kappa shape index (κ2) is 6.68. The number of ether oxygens (including phenoxy) is 2. The molecular formula is C14H26N2O3. The number of carbonyl (C=O) groups is 1. The summed E-state index contributed by atoms with van der Waals surface area (Å²) in [5.74, 6) is 1.06. The number of hydrogen-bond acceptors (Lipinski definition) is 4. The fraction of sp³-hybridized carbons (Fsp3) is 0.929. The number of nitrogens with two attached hydrogens (primary N) is 1. The summed E-state index contributed by atoms with van der Waals surface area (Å²) < 4.78 is 10.8. The van der Waals surface area contributed by atoms with E-state index in [1.165, 1.54) is 0 Å². The average molecular weight is 270 g/mol. The average Bonchev–Trinajstić information content (AvgIpc) is 2.41. The van der Waals surface area contributed by atoms with Crippen LogP contribution in [0.15, 0.2) is 0 Å². The lowest BCUT2D eigenvalue weighted by Gasteiger charge is -2.36. The summed E-state index contributed by atoms with van der Waals surface area (Å²) in [7, 11) is 0. The second-order valence-electron chi connectivity index (χ2n) is 6.01. The molecular weight excluding hydrogens is 244 g/mol. The number of amides is 1. The van der Waals surface area contributed by atoms with Crippen molar-refractivity contribution in [2.45, 2.75) is 38.8 Å². The first kappa shape index (κ1) is 14.8. The Hall–Kier alpha value is -0.650. The van der Waals surface area contributed by atoms with Gasteiger partial charge in [-0.1, -0.05) is 13.8 Å². The van der Waals surface area contributed by atoms with Crippen molar-refractivity contribution in [1.82, 2.24) is 5.32 Å². The van der Waals surface area contributed by atoms with E-state index >= 15 is 0 Å². The van der Waals surface area contributed by atoms with Crippen LogP contribution < -0.4 is 11.1 Å². The van der Waals surface area contributed by atoms with Crippen LogP contribution >= 0.6 is 0 Å². The summed E-state index contributed by atoms with van der Waals surface area (Å²) in [6.45, 7) is 6.68. The highest BCUT2D eigenvalue weighted by Crippen LogP contribution is 2.32. The molecule has 0 aromatic heterocycles. The Labute approximate surface area is 115 Å². The first-order valence-electron chi connectivity index (χ1n) is 7.30. The fourth-order valence-electron chi connectivity index (χ4n) is 3.05. The molecule has 2 fully saturated rings. The van der Waals surface area contributed by atoms with E-state index in [0.717, 1.165) is 12.8 Å². The van der Waals surface area contributed by atoms with Crippen LogP contribution in [-0.4, -0.2) is 44.4 Å². The van der Waals surface area contributed by atoms with Gasteiger partial charge in [0.25, 0.3) is 0 Å². The summed E-state index contributed by atoms with van der Waals surface area (Å²) in [6, 6.07) is 0.140. The highest BCUT2D eigenvalue weighted by atomic mass is 16.6. The topological polar surface area (TPSA) is 73.6 Å². The normalized spacial score (nSPS) is 39.8. The van der Waals surface area contributed by atoms with E-state index in [4.69, 9.17) is 15.2 Å². The molecule has 0 bridgehead atoms. The number of nitrogens with one attached hydrogen (secondary N) is 1. The number of carbonyl (C=O) groups excluding carboxylic acids is 1.